The number of fused-ring (bicyclic) bond motifs is 1. The summed E-state index contributed by atoms with van der Waals surface area (Å²) in [7, 11) is 2.08. The van der Waals surface area contributed by atoms with Gasteiger partial charge in [0.25, 0.3) is 5.56 Å². The van der Waals surface area contributed by atoms with E-state index in [9.17, 15) is 4.79 Å². The third-order valence-corrected chi connectivity index (χ3v) is 6.57. The molecule has 1 aliphatic carbocycles. The Labute approximate surface area is 176 Å². The zero-order chi connectivity index (χ0) is 20.5. The molecule has 0 N–H and O–H groups in total. The lowest BCUT2D eigenvalue weighted by atomic mass is 9.96. The molecule has 7 nitrogen and oxygen atoms in total. The monoisotopic (exact) mass is 404 g/mol. The average molecular weight is 405 g/mol. The Bertz CT molecular complexity index is 1080. The number of hydrogen-bond acceptors (Lipinski definition) is 5. The van der Waals surface area contributed by atoms with Gasteiger partial charge < -0.3 is 0 Å². The molecule has 30 heavy (non-hydrogen) atoms. The van der Waals surface area contributed by atoms with Crippen molar-refractivity contribution in [1.29, 1.82) is 0 Å². The molecule has 2 aliphatic rings. The molecule has 0 unspecified atom stereocenters. The van der Waals surface area contributed by atoms with Crippen LogP contribution in [-0.2, 0) is 33.0 Å². The van der Waals surface area contributed by atoms with E-state index in [1.54, 1.807) is 29.4 Å². The lowest BCUT2D eigenvalue weighted by Crippen LogP contribution is -2.36. The molecule has 0 bridgehead atoms. The van der Waals surface area contributed by atoms with E-state index in [2.05, 4.69) is 26.6 Å². The Balaban J connectivity index is 1.19. The fourth-order valence-corrected chi connectivity index (χ4v) is 4.84. The molecular weight excluding hydrogens is 376 g/mol. The Hall–Kier alpha value is -2.80. The van der Waals surface area contributed by atoms with Crippen LogP contribution in [0, 0.1) is 5.92 Å². The van der Waals surface area contributed by atoms with Gasteiger partial charge in [0.2, 0.25) is 0 Å². The molecule has 1 fully saturated rings. The summed E-state index contributed by atoms with van der Waals surface area (Å²) in [5, 5.41) is 4.71. The first-order chi connectivity index (χ1) is 14.7. The second-order valence-electron chi connectivity index (χ2n) is 8.58. The van der Waals surface area contributed by atoms with Crippen LogP contribution in [0.3, 0.4) is 0 Å². The van der Waals surface area contributed by atoms with E-state index < -0.39 is 0 Å². The van der Waals surface area contributed by atoms with Crippen LogP contribution in [0.5, 0.6) is 0 Å². The Morgan fingerprint density at radius 2 is 2.07 bits per heavy atom. The van der Waals surface area contributed by atoms with Crippen molar-refractivity contribution in [2.75, 3.05) is 13.1 Å². The van der Waals surface area contributed by atoms with Gasteiger partial charge in [0, 0.05) is 44.2 Å². The fraction of sp³-hybridized carbons (Fsp3) is 0.478. The molecule has 7 heteroatoms. The fourth-order valence-electron chi connectivity index (χ4n) is 4.84. The van der Waals surface area contributed by atoms with E-state index in [0.29, 0.717) is 11.6 Å². The minimum Gasteiger partial charge on any atom is -0.299 e. The third kappa shape index (κ3) is 3.81. The summed E-state index contributed by atoms with van der Waals surface area (Å²) in [6.45, 7) is 3.88. The molecule has 0 aromatic carbocycles. The highest BCUT2D eigenvalue weighted by Crippen LogP contribution is 2.27. The Morgan fingerprint density at radius 3 is 2.83 bits per heavy atom. The molecule has 4 heterocycles. The summed E-state index contributed by atoms with van der Waals surface area (Å²) in [4.78, 5) is 23.7. The van der Waals surface area contributed by atoms with Crippen molar-refractivity contribution in [3.8, 4) is 11.3 Å². The number of piperidine rings is 1. The van der Waals surface area contributed by atoms with Gasteiger partial charge in [-0.25, -0.2) is 4.98 Å². The van der Waals surface area contributed by atoms with Gasteiger partial charge in [-0.3, -0.25) is 23.9 Å². The third-order valence-electron chi connectivity index (χ3n) is 6.57. The van der Waals surface area contributed by atoms with Crippen molar-refractivity contribution in [2.24, 2.45) is 13.0 Å². The van der Waals surface area contributed by atoms with Gasteiger partial charge in [-0.1, -0.05) is 0 Å². The van der Waals surface area contributed by atoms with Gasteiger partial charge >= 0.3 is 0 Å². The van der Waals surface area contributed by atoms with Crippen molar-refractivity contribution in [3.63, 3.8) is 0 Å². The van der Waals surface area contributed by atoms with Crippen molar-refractivity contribution >= 4 is 0 Å². The number of pyridine rings is 1. The first-order valence-electron chi connectivity index (χ1n) is 10.9. The van der Waals surface area contributed by atoms with E-state index in [1.807, 2.05) is 12.1 Å². The molecule has 156 valence electrons. The zero-order valence-corrected chi connectivity index (χ0v) is 17.5. The Morgan fingerprint density at radius 1 is 1.20 bits per heavy atom. The maximum absolute atomic E-state index is 12.6. The van der Waals surface area contributed by atoms with Gasteiger partial charge in [0.1, 0.15) is 0 Å². The van der Waals surface area contributed by atoms with Crippen LogP contribution in [0.15, 0.2) is 41.7 Å². The molecule has 3 aromatic rings. The number of likely N-dealkylation sites (tertiary alicyclic amines) is 1. The number of hydrogen-bond donors (Lipinski definition) is 0. The molecule has 1 saturated heterocycles. The van der Waals surface area contributed by atoms with Crippen LogP contribution < -0.4 is 5.56 Å². The second-order valence-corrected chi connectivity index (χ2v) is 8.58. The van der Waals surface area contributed by atoms with E-state index >= 15 is 0 Å². The molecule has 0 atom stereocenters. The predicted octanol–water partition coefficient (Wildman–Crippen LogP) is 2.44. The summed E-state index contributed by atoms with van der Waals surface area (Å²) in [6.07, 6.45) is 10.9. The van der Waals surface area contributed by atoms with E-state index in [1.165, 1.54) is 29.8 Å². The van der Waals surface area contributed by atoms with E-state index in [4.69, 9.17) is 5.10 Å². The summed E-state index contributed by atoms with van der Waals surface area (Å²) in [5.41, 5.74) is 5.76. The van der Waals surface area contributed by atoms with Crippen LogP contribution in [-0.4, -0.2) is 42.3 Å². The number of aryl methyl sites for hydroxylation is 2. The quantitative estimate of drug-likeness (QED) is 0.653. The molecule has 0 amide bonds. The maximum Gasteiger partial charge on any atom is 0.253 e. The molecular formula is C23H28N6O. The molecule has 0 radical (unpaired) electrons. The molecule has 0 saturated carbocycles. The summed E-state index contributed by atoms with van der Waals surface area (Å²) < 4.78 is 3.85. The van der Waals surface area contributed by atoms with Gasteiger partial charge in [-0.2, -0.15) is 5.10 Å². The van der Waals surface area contributed by atoms with Crippen LogP contribution >= 0.6 is 0 Å². The standard InChI is InChI=1S/C23H28N6O/c1-27-22(19-5-2-6-20(19)26-27)15-28-10-7-17(8-11-28)14-29-16-25-21(12-23(29)30)18-4-3-9-24-13-18/h3-4,9,12-13,16-17H,2,5-8,10-11,14-15H2,1H3. The highest BCUT2D eigenvalue weighted by Gasteiger charge is 2.25. The molecule has 1 aliphatic heterocycles. The SMILES string of the molecule is Cn1nc2c(c1CN1CCC(Cn3cnc(-c4cccnc4)cc3=O)CC1)CCC2. The topological polar surface area (TPSA) is 68.8 Å². The molecule has 0 spiro atoms. The number of aromatic nitrogens is 5. The lowest BCUT2D eigenvalue weighted by molar-refractivity contribution is 0.162. The van der Waals surface area contributed by atoms with Crippen molar-refractivity contribution in [2.45, 2.75) is 45.2 Å². The smallest absolute Gasteiger partial charge is 0.253 e. The second kappa shape index (κ2) is 8.14. The highest BCUT2D eigenvalue weighted by atomic mass is 16.1. The van der Waals surface area contributed by atoms with Crippen molar-refractivity contribution in [1.82, 2.24) is 29.2 Å². The largest absolute Gasteiger partial charge is 0.299 e. The van der Waals surface area contributed by atoms with Crippen LogP contribution in [0.1, 0.15) is 36.2 Å². The highest BCUT2D eigenvalue weighted by molar-refractivity contribution is 5.56. The first-order valence-corrected chi connectivity index (χ1v) is 10.9. The van der Waals surface area contributed by atoms with Crippen LogP contribution in [0.4, 0.5) is 0 Å². The Kier molecular flexibility index (Phi) is 5.21. The van der Waals surface area contributed by atoms with Gasteiger partial charge in [-0.05, 0) is 68.8 Å². The maximum atomic E-state index is 12.6. The van der Waals surface area contributed by atoms with Gasteiger partial charge in [0.05, 0.1) is 23.4 Å². The summed E-state index contributed by atoms with van der Waals surface area (Å²) in [5.74, 6) is 0.516. The lowest BCUT2D eigenvalue weighted by Gasteiger charge is -2.32. The average Bonchev–Trinajstić information content (AvgIpc) is 3.33. The summed E-state index contributed by atoms with van der Waals surface area (Å²) >= 11 is 0. The van der Waals surface area contributed by atoms with Crippen molar-refractivity contribution in [3.05, 3.63) is 64.2 Å². The van der Waals surface area contributed by atoms with E-state index in [0.717, 1.165) is 51.0 Å². The van der Waals surface area contributed by atoms with Gasteiger partial charge in [-0.15, -0.1) is 0 Å². The van der Waals surface area contributed by atoms with E-state index in [-0.39, 0.29) is 5.56 Å². The van der Waals surface area contributed by atoms with Crippen LogP contribution in [0.2, 0.25) is 0 Å². The number of nitrogens with zero attached hydrogens (tertiary/aromatic N) is 6. The summed E-state index contributed by atoms with van der Waals surface area (Å²) in [6, 6.07) is 5.40. The predicted molar refractivity (Wildman–Crippen MR) is 115 cm³/mol. The first kappa shape index (κ1) is 19.2. The van der Waals surface area contributed by atoms with Crippen molar-refractivity contribution < 1.29 is 0 Å². The van der Waals surface area contributed by atoms with Gasteiger partial charge in [0.15, 0.2) is 0 Å². The minimum absolute atomic E-state index is 0.0109. The normalized spacial score (nSPS) is 17.4. The zero-order valence-electron chi connectivity index (χ0n) is 17.5. The molecule has 3 aromatic heterocycles. The van der Waals surface area contributed by atoms with Crippen LogP contribution in [0.25, 0.3) is 11.3 Å². The number of rotatable bonds is 5. The minimum atomic E-state index is 0.0109. The molecule has 5 rings (SSSR count).